The first kappa shape index (κ1) is 19.6. The van der Waals surface area contributed by atoms with E-state index in [1.54, 1.807) is 20.4 Å². The second kappa shape index (κ2) is 8.72. The summed E-state index contributed by atoms with van der Waals surface area (Å²) in [6, 6.07) is 17.6. The van der Waals surface area contributed by atoms with Gasteiger partial charge >= 0.3 is 0 Å². The van der Waals surface area contributed by atoms with Gasteiger partial charge in [0.15, 0.2) is 11.5 Å². The predicted octanol–water partition coefficient (Wildman–Crippen LogP) is 5.22. The average Bonchev–Trinajstić information content (AvgIpc) is 3.18. The molecule has 4 rings (SSSR count). The number of aromatic nitrogens is 1. The zero-order valence-corrected chi connectivity index (χ0v) is 17.1. The summed E-state index contributed by atoms with van der Waals surface area (Å²) < 4.78 is 17.4. The van der Waals surface area contributed by atoms with E-state index in [9.17, 15) is 0 Å². The van der Waals surface area contributed by atoms with Gasteiger partial charge in [-0.05, 0) is 41.5 Å². The fourth-order valence-electron chi connectivity index (χ4n) is 3.71. The molecule has 0 saturated carbocycles. The molecule has 2 aromatic carbocycles. The molecule has 0 radical (unpaired) electrons. The highest BCUT2D eigenvalue weighted by atomic mass is 35.5. The van der Waals surface area contributed by atoms with Crippen molar-refractivity contribution in [2.75, 3.05) is 26.1 Å². The second-order valence-electron chi connectivity index (χ2n) is 6.91. The van der Waals surface area contributed by atoms with Gasteiger partial charge in [-0.2, -0.15) is 0 Å². The van der Waals surface area contributed by atoms with E-state index < -0.39 is 0 Å². The van der Waals surface area contributed by atoms with Crippen molar-refractivity contribution in [1.82, 2.24) is 4.98 Å². The van der Waals surface area contributed by atoms with Crippen LogP contribution in [0.1, 0.15) is 28.7 Å². The Balaban J connectivity index is 1.54. The van der Waals surface area contributed by atoms with Gasteiger partial charge in [-0.25, -0.2) is 4.98 Å². The predicted molar refractivity (Wildman–Crippen MR) is 114 cm³/mol. The Morgan fingerprint density at radius 2 is 1.93 bits per heavy atom. The van der Waals surface area contributed by atoms with Crippen molar-refractivity contribution < 1.29 is 14.2 Å². The number of nitrogens with one attached hydrogen (secondary N) is 1. The van der Waals surface area contributed by atoms with Crippen molar-refractivity contribution in [3.63, 3.8) is 0 Å². The van der Waals surface area contributed by atoms with Gasteiger partial charge in [-0.15, -0.1) is 0 Å². The van der Waals surface area contributed by atoms with E-state index in [1.165, 1.54) is 5.56 Å². The quantitative estimate of drug-likeness (QED) is 0.578. The van der Waals surface area contributed by atoms with Gasteiger partial charge in [0, 0.05) is 36.4 Å². The molecule has 0 saturated heterocycles. The molecule has 0 amide bonds. The lowest BCUT2D eigenvalue weighted by molar-refractivity contribution is 0.0835. The molecule has 1 aromatic heterocycles. The largest absolute Gasteiger partial charge is 0.493 e. The Morgan fingerprint density at radius 1 is 1.10 bits per heavy atom. The van der Waals surface area contributed by atoms with Crippen LogP contribution in [0.5, 0.6) is 11.5 Å². The first-order chi connectivity index (χ1) is 14.2. The lowest BCUT2D eigenvalue weighted by Gasteiger charge is -2.23. The van der Waals surface area contributed by atoms with Gasteiger partial charge in [0.1, 0.15) is 12.4 Å². The maximum atomic E-state index is 5.97. The van der Waals surface area contributed by atoms with Crippen LogP contribution in [0.2, 0.25) is 5.02 Å². The number of benzene rings is 2. The molecule has 5 nitrogen and oxygen atoms in total. The molecular weight excluding hydrogens is 388 g/mol. The van der Waals surface area contributed by atoms with Crippen molar-refractivity contribution in [1.29, 1.82) is 0 Å². The third-order valence-corrected chi connectivity index (χ3v) is 5.42. The molecule has 1 aliphatic rings. The van der Waals surface area contributed by atoms with E-state index in [-0.39, 0.29) is 12.0 Å². The second-order valence-corrected chi connectivity index (χ2v) is 7.35. The van der Waals surface area contributed by atoms with E-state index in [2.05, 4.69) is 16.4 Å². The monoisotopic (exact) mass is 410 g/mol. The summed E-state index contributed by atoms with van der Waals surface area (Å²) in [4.78, 5) is 4.41. The summed E-state index contributed by atoms with van der Waals surface area (Å²) in [7, 11) is 3.38. The molecule has 0 spiro atoms. The number of hydrogen-bond donors (Lipinski definition) is 1. The van der Waals surface area contributed by atoms with Crippen LogP contribution >= 0.6 is 11.6 Å². The lowest BCUT2D eigenvalue weighted by Crippen LogP contribution is -2.15. The number of pyridine rings is 1. The smallest absolute Gasteiger partial charge is 0.161 e. The van der Waals surface area contributed by atoms with Gasteiger partial charge in [0.25, 0.3) is 0 Å². The van der Waals surface area contributed by atoms with Crippen LogP contribution < -0.4 is 14.8 Å². The number of anilines is 1. The van der Waals surface area contributed by atoms with Gasteiger partial charge in [0.05, 0.1) is 13.2 Å². The van der Waals surface area contributed by atoms with E-state index in [1.807, 2.05) is 48.5 Å². The highest BCUT2D eigenvalue weighted by Gasteiger charge is 2.32. The van der Waals surface area contributed by atoms with Crippen LogP contribution in [-0.2, 0) is 11.3 Å². The third-order valence-electron chi connectivity index (χ3n) is 5.17. The maximum absolute atomic E-state index is 5.97. The van der Waals surface area contributed by atoms with Crippen molar-refractivity contribution in [2.24, 2.45) is 0 Å². The highest BCUT2D eigenvalue weighted by molar-refractivity contribution is 6.30. The molecule has 29 heavy (non-hydrogen) atoms. The third kappa shape index (κ3) is 4.16. The zero-order valence-electron chi connectivity index (χ0n) is 16.4. The molecule has 2 unspecified atom stereocenters. The summed E-state index contributed by atoms with van der Waals surface area (Å²) >= 11 is 5.94. The number of fused-ring (bicyclic) bond motifs is 1. The summed E-state index contributed by atoms with van der Waals surface area (Å²) in [5, 5.41) is 4.07. The van der Waals surface area contributed by atoms with Crippen LogP contribution in [-0.4, -0.2) is 25.7 Å². The Hall–Kier alpha value is -2.76. The molecule has 3 aromatic rings. The Morgan fingerprint density at radius 3 is 2.69 bits per heavy atom. The first-order valence-corrected chi connectivity index (χ1v) is 9.84. The Bertz CT molecular complexity index is 978. The summed E-state index contributed by atoms with van der Waals surface area (Å²) in [6.45, 7) is 1.22. The fraction of sp³-hybridized carbons (Fsp3) is 0.261. The number of nitrogens with zero attached hydrogens (tertiary/aromatic N) is 1. The van der Waals surface area contributed by atoms with E-state index in [0.717, 1.165) is 23.5 Å². The molecule has 1 N–H and O–H groups in total. The van der Waals surface area contributed by atoms with Crippen molar-refractivity contribution in [3.05, 3.63) is 82.5 Å². The fourth-order valence-corrected chi connectivity index (χ4v) is 3.83. The summed E-state index contributed by atoms with van der Waals surface area (Å²) in [5.74, 6) is 2.47. The molecule has 6 heteroatoms. The number of ether oxygens (including phenoxy) is 3. The molecule has 2 atom stereocenters. The molecule has 150 valence electrons. The van der Waals surface area contributed by atoms with E-state index in [4.69, 9.17) is 25.8 Å². The van der Waals surface area contributed by atoms with Crippen molar-refractivity contribution in [3.8, 4) is 11.5 Å². The van der Waals surface area contributed by atoms with Crippen LogP contribution in [0, 0.1) is 0 Å². The normalized spacial score (nSPS) is 16.0. The number of rotatable bonds is 7. The van der Waals surface area contributed by atoms with E-state index >= 15 is 0 Å². The number of halogens is 1. The topological polar surface area (TPSA) is 52.6 Å². The van der Waals surface area contributed by atoms with Crippen LogP contribution in [0.15, 0.2) is 60.8 Å². The molecule has 0 fully saturated rings. The van der Waals surface area contributed by atoms with Crippen molar-refractivity contribution >= 4 is 17.4 Å². The highest BCUT2D eigenvalue weighted by Crippen LogP contribution is 2.42. The molecule has 0 aliphatic carbocycles. The Labute approximate surface area is 175 Å². The number of hydrogen-bond acceptors (Lipinski definition) is 5. The van der Waals surface area contributed by atoms with Gasteiger partial charge in [-0.1, -0.05) is 35.9 Å². The standard InChI is InChI=1S/C23H23ClN2O3/c1-27-21-12-16(7-10-20(21)29-14-15-5-8-17(24)9-6-15)22(28-2)19-13-26-23-18(19)4-3-11-25-23/h3-12,19,22H,13-14H2,1-2H3,(H,25,26). The first-order valence-electron chi connectivity index (χ1n) is 9.46. The van der Waals surface area contributed by atoms with Crippen LogP contribution in [0.3, 0.4) is 0 Å². The Kier molecular flexibility index (Phi) is 5.88. The minimum atomic E-state index is -0.118. The maximum Gasteiger partial charge on any atom is 0.161 e. The van der Waals surface area contributed by atoms with Gasteiger partial charge < -0.3 is 19.5 Å². The SMILES string of the molecule is COc1cc(C(OC)C2CNc3ncccc32)ccc1OCc1ccc(Cl)cc1. The minimum Gasteiger partial charge on any atom is -0.493 e. The van der Waals surface area contributed by atoms with E-state index in [0.29, 0.717) is 23.1 Å². The summed E-state index contributed by atoms with van der Waals surface area (Å²) in [5.41, 5.74) is 3.24. The summed E-state index contributed by atoms with van der Waals surface area (Å²) in [6.07, 6.45) is 1.68. The zero-order chi connectivity index (χ0) is 20.2. The van der Waals surface area contributed by atoms with Gasteiger partial charge in [-0.3, -0.25) is 0 Å². The number of methoxy groups -OCH3 is 2. The van der Waals surface area contributed by atoms with Crippen LogP contribution in [0.4, 0.5) is 5.82 Å². The lowest BCUT2D eigenvalue weighted by atomic mass is 9.91. The molecule has 2 heterocycles. The van der Waals surface area contributed by atoms with Crippen molar-refractivity contribution in [2.45, 2.75) is 18.6 Å². The molecule has 1 aliphatic heterocycles. The minimum absolute atomic E-state index is 0.118. The van der Waals surface area contributed by atoms with Crippen LogP contribution in [0.25, 0.3) is 0 Å². The molecule has 0 bridgehead atoms. The average molecular weight is 411 g/mol. The van der Waals surface area contributed by atoms with Gasteiger partial charge in [0.2, 0.25) is 0 Å². The molecular formula is C23H23ClN2O3.